The molecule has 29 heavy (non-hydrogen) atoms. The van der Waals surface area contributed by atoms with Gasteiger partial charge in [-0.3, -0.25) is 9.69 Å². The van der Waals surface area contributed by atoms with Crippen LogP contribution in [0.25, 0.3) is 0 Å². The predicted octanol–water partition coefficient (Wildman–Crippen LogP) is 4.15. The summed E-state index contributed by atoms with van der Waals surface area (Å²) in [6, 6.07) is 15.8. The van der Waals surface area contributed by atoms with Gasteiger partial charge in [-0.2, -0.15) is 0 Å². The molecule has 0 aliphatic carbocycles. The number of amides is 1. The van der Waals surface area contributed by atoms with E-state index in [9.17, 15) is 4.79 Å². The Morgan fingerprint density at radius 2 is 1.59 bits per heavy atom. The van der Waals surface area contributed by atoms with E-state index in [1.807, 2.05) is 31.2 Å². The van der Waals surface area contributed by atoms with Crippen LogP contribution in [0.15, 0.2) is 48.5 Å². The Kier molecular flexibility index (Phi) is 7.94. The van der Waals surface area contributed by atoms with Crippen molar-refractivity contribution in [3.63, 3.8) is 0 Å². The van der Waals surface area contributed by atoms with Crippen LogP contribution in [0.5, 0.6) is 11.5 Å². The number of likely N-dealkylation sites (tertiary alicyclic amines) is 1. The number of carbonyl (C=O) groups excluding carboxylic acids is 1. The minimum atomic E-state index is -0.512. The van der Waals surface area contributed by atoms with Crippen molar-refractivity contribution >= 4 is 5.91 Å². The largest absolute Gasteiger partial charge is 0.497 e. The Morgan fingerprint density at radius 1 is 0.966 bits per heavy atom. The molecule has 2 aromatic carbocycles. The van der Waals surface area contributed by atoms with Crippen molar-refractivity contribution in [3.8, 4) is 11.5 Å². The van der Waals surface area contributed by atoms with Crippen LogP contribution in [0.2, 0.25) is 0 Å². The minimum absolute atomic E-state index is 0.0966. The monoisotopic (exact) mass is 396 g/mol. The highest BCUT2D eigenvalue weighted by Crippen LogP contribution is 2.19. The van der Waals surface area contributed by atoms with Gasteiger partial charge in [-0.25, -0.2) is 0 Å². The fourth-order valence-corrected chi connectivity index (χ4v) is 3.58. The van der Waals surface area contributed by atoms with Crippen LogP contribution in [-0.4, -0.2) is 37.1 Å². The summed E-state index contributed by atoms with van der Waals surface area (Å²) >= 11 is 0. The summed E-state index contributed by atoms with van der Waals surface area (Å²) in [7, 11) is 1.62. The molecule has 1 aliphatic heterocycles. The van der Waals surface area contributed by atoms with E-state index < -0.39 is 6.10 Å². The normalized spacial score (nSPS) is 15.5. The minimum Gasteiger partial charge on any atom is -0.497 e. The van der Waals surface area contributed by atoms with E-state index in [0.29, 0.717) is 18.7 Å². The average Bonchev–Trinajstić information content (AvgIpc) is 2.78. The van der Waals surface area contributed by atoms with E-state index in [1.54, 1.807) is 7.11 Å². The highest BCUT2D eigenvalue weighted by Gasteiger charge is 2.18. The third-order valence-electron chi connectivity index (χ3n) is 5.35. The van der Waals surface area contributed by atoms with Crippen molar-refractivity contribution in [1.82, 2.24) is 10.2 Å². The fraction of sp³-hybridized carbons (Fsp3) is 0.458. The van der Waals surface area contributed by atoms with Gasteiger partial charge in [-0.05, 0) is 67.7 Å². The van der Waals surface area contributed by atoms with Crippen LogP contribution in [-0.2, 0) is 17.9 Å². The maximum atomic E-state index is 12.5. The third kappa shape index (κ3) is 6.50. The van der Waals surface area contributed by atoms with Crippen LogP contribution in [0.1, 0.15) is 43.7 Å². The predicted molar refractivity (Wildman–Crippen MR) is 115 cm³/mol. The molecule has 1 unspecified atom stereocenters. The van der Waals surface area contributed by atoms with Gasteiger partial charge in [-0.1, -0.05) is 37.6 Å². The number of ether oxygens (including phenoxy) is 2. The lowest BCUT2D eigenvalue weighted by molar-refractivity contribution is -0.128. The van der Waals surface area contributed by atoms with E-state index in [1.165, 1.54) is 37.9 Å². The first-order valence-electron chi connectivity index (χ1n) is 10.6. The molecule has 0 radical (unpaired) electrons. The highest BCUT2D eigenvalue weighted by molar-refractivity contribution is 5.81. The summed E-state index contributed by atoms with van der Waals surface area (Å²) in [5.41, 5.74) is 2.43. The quantitative estimate of drug-likeness (QED) is 0.692. The number of hydrogen-bond acceptors (Lipinski definition) is 4. The summed E-state index contributed by atoms with van der Waals surface area (Å²) in [6.07, 6.45) is 4.06. The second-order valence-corrected chi connectivity index (χ2v) is 7.56. The van der Waals surface area contributed by atoms with E-state index >= 15 is 0 Å². The van der Waals surface area contributed by atoms with Crippen LogP contribution < -0.4 is 14.8 Å². The van der Waals surface area contributed by atoms with Crippen LogP contribution in [0.4, 0.5) is 0 Å². The molecule has 1 saturated heterocycles. The Labute approximate surface area is 174 Å². The molecule has 0 saturated carbocycles. The summed E-state index contributed by atoms with van der Waals surface area (Å²) in [6.45, 7) is 5.86. The number of rotatable bonds is 9. The number of nitrogens with zero attached hydrogens (tertiary/aromatic N) is 1. The first kappa shape index (κ1) is 21.2. The molecule has 0 aromatic heterocycles. The smallest absolute Gasteiger partial charge is 0.261 e. The highest BCUT2D eigenvalue weighted by atomic mass is 16.5. The molecule has 5 nitrogen and oxygen atoms in total. The molecule has 1 N–H and O–H groups in total. The summed E-state index contributed by atoms with van der Waals surface area (Å²) < 4.78 is 11.0. The van der Waals surface area contributed by atoms with Gasteiger partial charge >= 0.3 is 0 Å². The van der Waals surface area contributed by atoms with Crippen molar-refractivity contribution in [2.75, 3.05) is 20.2 Å². The maximum absolute atomic E-state index is 12.5. The second-order valence-electron chi connectivity index (χ2n) is 7.56. The van der Waals surface area contributed by atoms with Crippen molar-refractivity contribution in [2.24, 2.45) is 0 Å². The van der Waals surface area contributed by atoms with Crippen molar-refractivity contribution in [2.45, 2.75) is 51.8 Å². The Morgan fingerprint density at radius 3 is 2.21 bits per heavy atom. The molecule has 1 atom stereocenters. The van der Waals surface area contributed by atoms with Gasteiger partial charge in [0.05, 0.1) is 7.11 Å². The van der Waals surface area contributed by atoms with Gasteiger partial charge in [0.25, 0.3) is 5.91 Å². The Balaban J connectivity index is 1.47. The van der Waals surface area contributed by atoms with E-state index in [0.717, 1.165) is 17.9 Å². The topological polar surface area (TPSA) is 50.8 Å². The average molecular weight is 397 g/mol. The zero-order chi connectivity index (χ0) is 20.5. The fourth-order valence-electron chi connectivity index (χ4n) is 3.58. The molecule has 5 heteroatoms. The zero-order valence-electron chi connectivity index (χ0n) is 17.5. The molecule has 1 heterocycles. The van der Waals surface area contributed by atoms with E-state index in [-0.39, 0.29) is 5.91 Å². The third-order valence-corrected chi connectivity index (χ3v) is 5.35. The molecule has 1 aliphatic rings. The van der Waals surface area contributed by atoms with Crippen molar-refractivity contribution in [1.29, 1.82) is 0 Å². The lowest BCUT2D eigenvalue weighted by Gasteiger charge is -2.26. The number of nitrogens with one attached hydrogen (secondary N) is 1. The molecule has 1 amide bonds. The standard InChI is InChI=1S/C24H32N2O3/c1-3-23(29-22-13-11-21(28-2)12-14-22)24(27)25-17-19-7-9-20(10-8-19)18-26-15-5-4-6-16-26/h7-14,23H,3-6,15-18H2,1-2H3,(H,25,27). The zero-order valence-corrected chi connectivity index (χ0v) is 17.5. The van der Waals surface area contributed by atoms with Crippen LogP contribution in [0.3, 0.4) is 0 Å². The maximum Gasteiger partial charge on any atom is 0.261 e. The van der Waals surface area contributed by atoms with Gasteiger partial charge in [0.2, 0.25) is 0 Å². The lowest BCUT2D eigenvalue weighted by atomic mass is 10.1. The molecule has 0 bridgehead atoms. The summed E-state index contributed by atoms with van der Waals surface area (Å²) in [5, 5.41) is 2.99. The number of methoxy groups -OCH3 is 1. The molecular formula is C24H32N2O3. The number of piperidine rings is 1. The molecule has 2 aromatic rings. The van der Waals surface area contributed by atoms with Gasteiger partial charge in [0.1, 0.15) is 11.5 Å². The SMILES string of the molecule is CCC(Oc1ccc(OC)cc1)C(=O)NCc1ccc(CN2CCCCC2)cc1. The summed E-state index contributed by atoms with van der Waals surface area (Å²) in [5.74, 6) is 1.33. The number of carbonyl (C=O) groups is 1. The van der Waals surface area contributed by atoms with Gasteiger partial charge < -0.3 is 14.8 Å². The molecule has 1 fully saturated rings. The lowest BCUT2D eigenvalue weighted by Crippen LogP contribution is -2.37. The number of benzene rings is 2. The van der Waals surface area contributed by atoms with Gasteiger partial charge in [0, 0.05) is 13.1 Å². The number of hydrogen-bond donors (Lipinski definition) is 1. The second kappa shape index (κ2) is 10.9. The van der Waals surface area contributed by atoms with Gasteiger partial charge in [-0.15, -0.1) is 0 Å². The first-order valence-corrected chi connectivity index (χ1v) is 10.6. The van der Waals surface area contributed by atoms with Crippen molar-refractivity contribution in [3.05, 3.63) is 59.7 Å². The Bertz CT molecular complexity index is 753. The molecule has 0 spiro atoms. The molecule has 3 rings (SSSR count). The Hall–Kier alpha value is -2.53. The van der Waals surface area contributed by atoms with E-state index in [4.69, 9.17) is 9.47 Å². The first-order chi connectivity index (χ1) is 14.2. The molecule has 156 valence electrons. The van der Waals surface area contributed by atoms with Crippen LogP contribution in [0, 0.1) is 0 Å². The molecular weight excluding hydrogens is 364 g/mol. The van der Waals surface area contributed by atoms with Crippen LogP contribution >= 0.6 is 0 Å². The summed E-state index contributed by atoms with van der Waals surface area (Å²) in [4.78, 5) is 15.1. The van der Waals surface area contributed by atoms with Crippen molar-refractivity contribution < 1.29 is 14.3 Å². The van der Waals surface area contributed by atoms with E-state index in [2.05, 4.69) is 34.5 Å². The van der Waals surface area contributed by atoms with Gasteiger partial charge in [0.15, 0.2) is 6.10 Å².